The van der Waals surface area contributed by atoms with Crippen LogP contribution in [0.25, 0.3) is 55.6 Å². The van der Waals surface area contributed by atoms with Gasteiger partial charge in [0.25, 0.3) is 0 Å². The van der Waals surface area contributed by atoms with Gasteiger partial charge in [0.1, 0.15) is 11.0 Å². The van der Waals surface area contributed by atoms with Gasteiger partial charge in [-0.05, 0) is 136 Å². The van der Waals surface area contributed by atoms with Gasteiger partial charge in [0, 0.05) is 45.2 Å². The van der Waals surface area contributed by atoms with Crippen molar-refractivity contribution in [3.8, 4) is 5.69 Å². The van der Waals surface area contributed by atoms with Crippen LogP contribution in [-0.2, 0) is 6.42 Å². The van der Waals surface area contributed by atoms with Crippen LogP contribution in [0.5, 0.6) is 0 Å². The van der Waals surface area contributed by atoms with E-state index >= 15 is 0 Å². The normalized spacial score (nSPS) is 17.7. The van der Waals surface area contributed by atoms with E-state index in [0.717, 1.165) is 59.3 Å². The van der Waals surface area contributed by atoms with Gasteiger partial charge in [0.05, 0.1) is 22.9 Å². The van der Waals surface area contributed by atoms with Crippen LogP contribution in [0, 0.1) is 16.7 Å². The molecule has 66 heavy (non-hydrogen) atoms. The quantitative estimate of drug-likeness (QED) is 0.160. The summed E-state index contributed by atoms with van der Waals surface area (Å²) in [5.74, 6) is 0.808. The van der Waals surface area contributed by atoms with E-state index in [2.05, 4.69) is 222 Å². The molecule has 4 nitrogen and oxygen atoms in total. The second-order valence-electron chi connectivity index (χ2n) is 20.7. The minimum absolute atomic E-state index is 0.151. The standard InChI is InChI=1S/C61H58N4S/c1-39-37-46(61(5,6)7)27-32-50(39)43-21-30-49(31-22-43)64(48-28-19-41(20-29-48)40-17-25-45(26-18-40)60(2,3)4)56-36-33-52(58-59(56)63-66-62-58)44-24-34-54-53(38-44)57-51-16-12-11-13-42(51)23-35-55(57)65(54)47-14-9-8-10-15-47/h8-17,19-23,25-33,35-36,38-40H,18,24,34,37H2,1-7H3/t39-,40?/m0/s1. The van der Waals surface area contributed by atoms with Gasteiger partial charge in [-0.1, -0.05) is 163 Å². The van der Waals surface area contributed by atoms with Crippen LogP contribution in [0.15, 0.2) is 169 Å². The van der Waals surface area contributed by atoms with Crippen LogP contribution in [-0.4, -0.2) is 13.3 Å². The van der Waals surface area contributed by atoms with Crippen molar-refractivity contribution in [3.05, 3.63) is 197 Å². The molecule has 6 aromatic carbocycles. The largest absolute Gasteiger partial charge is 0.313 e. The van der Waals surface area contributed by atoms with Crippen molar-refractivity contribution in [1.29, 1.82) is 0 Å². The molecular formula is C61H58N4S. The third-order valence-electron chi connectivity index (χ3n) is 14.4. The molecule has 0 aliphatic heterocycles. The van der Waals surface area contributed by atoms with Crippen molar-refractivity contribution >= 4 is 78.7 Å². The minimum Gasteiger partial charge on any atom is -0.313 e. The molecule has 0 N–H and O–H groups in total. The van der Waals surface area contributed by atoms with Gasteiger partial charge in [0.15, 0.2) is 0 Å². The number of hydrogen-bond donors (Lipinski definition) is 0. The first kappa shape index (κ1) is 42.1. The van der Waals surface area contributed by atoms with E-state index < -0.39 is 0 Å². The molecule has 2 heterocycles. The van der Waals surface area contributed by atoms with Crippen LogP contribution in [0.4, 0.5) is 17.1 Å². The highest BCUT2D eigenvalue weighted by atomic mass is 32.1. The van der Waals surface area contributed by atoms with Crippen LogP contribution in [0.3, 0.4) is 0 Å². The van der Waals surface area contributed by atoms with E-state index in [0.29, 0.717) is 11.8 Å². The predicted octanol–water partition coefficient (Wildman–Crippen LogP) is 17.2. The highest BCUT2D eigenvalue weighted by Crippen LogP contribution is 2.46. The fraction of sp³-hybridized carbons (Fsp3) is 0.246. The lowest BCUT2D eigenvalue weighted by molar-refractivity contribution is 0.464. The first-order chi connectivity index (χ1) is 31.9. The summed E-state index contributed by atoms with van der Waals surface area (Å²) < 4.78 is 12.7. The maximum atomic E-state index is 5.10. The van der Waals surface area contributed by atoms with Gasteiger partial charge in [-0.3, -0.25) is 0 Å². The van der Waals surface area contributed by atoms with Crippen molar-refractivity contribution in [3.63, 3.8) is 0 Å². The molecule has 2 aromatic heterocycles. The molecule has 328 valence electrons. The molecule has 0 spiro atoms. The van der Waals surface area contributed by atoms with Crippen molar-refractivity contribution in [1.82, 2.24) is 13.3 Å². The van der Waals surface area contributed by atoms with Gasteiger partial charge < -0.3 is 9.47 Å². The molecule has 8 aromatic rings. The number of rotatable bonds is 7. The molecule has 0 saturated carbocycles. The molecule has 1 unspecified atom stereocenters. The number of anilines is 3. The van der Waals surface area contributed by atoms with Crippen molar-refractivity contribution in [2.45, 2.75) is 80.1 Å². The highest BCUT2D eigenvalue weighted by Gasteiger charge is 2.28. The average Bonchev–Trinajstić information content (AvgIpc) is 3.96. The Morgan fingerprint density at radius 2 is 1.42 bits per heavy atom. The average molecular weight is 879 g/mol. The molecule has 3 aliphatic rings. The molecule has 0 amide bonds. The first-order valence-corrected chi connectivity index (χ1v) is 24.5. The summed E-state index contributed by atoms with van der Waals surface area (Å²) in [6.45, 7) is 16.2. The lowest BCUT2D eigenvalue weighted by Gasteiger charge is -2.30. The summed E-state index contributed by atoms with van der Waals surface area (Å²) in [6, 6.07) is 47.2. The van der Waals surface area contributed by atoms with Gasteiger partial charge in [0.2, 0.25) is 0 Å². The van der Waals surface area contributed by atoms with Gasteiger partial charge in [-0.25, -0.2) is 0 Å². The summed E-state index contributed by atoms with van der Waals surface area (Å²) in [5, 5.41) is 3.85. The van der Waals surface area contributed by atoms with Crippen LogP contribution in [0.2, 0.25) is 0 Å². The topological polar surface area (TPSA) is 34.0 Å². The molecule has 5 heteroatoms. The monoisotopic (exact) mass is 878 g/mol. The van der Waals surface area contributed by atoms with E-state index in [1.54, 1.807) is 0 Å². The number of hydrogen-bond acceptors (Lipinski definition) is 4. The third-order valence-corrected chi connectivity index (χ3v) is 15.0. The second-order valence-corrected chi connectivity index (χ2v) is 21.3. The smallest absolute Gasteiger partial charge is 0.129 e. The van der Waals surface area contributed by atoms with E-state index in [-0.39, 0.29) is 10.8 Å². The Morgan fingerprint density at radius 3 is 2.14 bits per heavy atom. The van der Waals surface area contributed by atoms with Crippen LogP contribution >= 0.6 is 11.7 Å². The van der Waals surface area contributed by atoms with Crippen molar-refractivity contribution < 1.29 is 0 Å². The summed E-state index contributed by atoms with van der Waals surface area (Å²) in [5.41, 5.74) is 19.9. The number of nitrogens with zero attached hydrogens (tertiary/aromatic N) is 4. The fourth-order valence-electron chi connectivity index (χ4n) is 10.7. The molecule has 2 atom stereocenters. The Kier molecular flexibility index (Phi) is 10.5. The third kappa shape index (κ3) is 7.48. The maximum absolute atomic E-state index is 5.10. The summed E-state index contributed by atoms with van der Waals surface area (Å²) in [7, 11) is 0. The zero-order valence-electron chi connectivity index (χ0n) is 39.3. The fourth-order valence-corrected chi connectivity index (χ4v) is 11.3. The highest BCUT2D eigenvalue weighted by molar-refractivity contribution is 7.00. The summed E-state index contributed by atoms with van der Waals surface area (Å²) >= 11 is 1.31. The molecular weight excluding hydrogens is 821 g/mol. The second kappa shape index (κ2) is 16.4. The van der Waals surface area contributed by atoms with E-state index in [1.165, 1.54) is 83.8 Å². The van der Waals surface area contributed by atoms with Gasteiger partial charge in [-0.15, -0.1) is 0 Å². The van der Waals surface area contributed by atoms with E-state index in [4.69, 9.17) is 8.75 Å². The Labute approximate surface area is 394 Å². The molecule has 0 fully saturated rings. The molecule has 0 bridgehead atoms. The van der Waals surface area contributed by atoms with E-state index in [1.807, 2.05) is 0 Å². The van der Waals surface area contributed by atoms with Crippen molar-refractivity contribution in [2.75, 3.05) is 4.90 Å². The lowest BCUT2D eigenvalue weighted by Crippen LogP contribution is -2.15. The van der Waals surface area contributed by atoms with Crippen molar-refractivity contribution in [2.24, 2.45) is 16.7 Å². The maximum Gasteiger partial charge on any atom is 0.129 e. The molecule has 0 radical (unpaired) electrons. The molecule has 11 rings (SSSR count). The minimum atomic E-state index is 0.151. The Morgan fingerprint density at radius 1 is 0.697 bits per heavy atom. The van der Waals surface area contributed by atoms with Gasteiger partial charge in [-0.2, -0.15) is 8.75 Å². The molecule has 3 aliphatic carbocycles. The first-order valence-electron chi connectivity index (χ1n) is 23.8. The number of para-hydroxylation sites is 1. The number of fused-ring (bicyclic) bond motifs is 6. The Hall–Kier alpha value is -6.56. The summed E-state index contributed by atoms with van der Waals surface area (Å²) in [4.78, 5) is 2.39. The number of benzene rings is 6. The van der Waals surface area contributed by atoms with E-state index in [9.17, 15) is 0 Å². The Balaban J connectivity index is 1.01. The summed E-state index contributed by atoms with van der Waals surface area (Å²) in [6.07, 6.45) is 18.3. The number of allylic oxidation sites excluding steroid dienone is 9. The zero-order chi connectivity index (χ0) is 45.3. The van der Waals surface area contributed by atoms with Crippen LogP contribution < -0.4 is 4.90 Å². The lowest BCUT2D eigenvalue weighted by atomic mass is 9.75. The SMILES string of the molecule is C[C@H]1CC(C(C)(C)C)=CC=C1c1ccc(N(c2ccc(C3C=CC(C(C)(C)C)=CC3)cc2)c2ccc(C3=Cc4c(n(-c5ccccc5)c5ccc6ccccc6c45)CC3)c3nsnc23)cc1. The zero-order valence-corrected chi connectivity index (χ0v) is 40.1. The Bertz CT molecular complexity index is 3320. The number of aromatic nitrogens is 3. The predicted molar refractivity (Wildman–Crippen MR) is 282 cm³/mol. The van der Waals surface area contributed by atoms with Gasteiger partial charge >= 0.3 is 0 Å². The molecule has 0 saturated heterocycles. The van der Waals surface area contributed by atoms with Crippen LogP contribution in [0.1, 0.15) is 102 Å².